The molecule has 2 aromatic rings. The smallest absolute Gasteiger partial charge is 0.485 e. The fourth-order valence-corrected chi connectivity index (χ4v) is 3.31. The first kappa shape index (κ1) is 22.9. The zero-order chi connectivity index (χ0) is 19.6. The molecule has 0 saturated heterocycles. The third kappa shape index (κ3) is 8.01. The quantitative estimate of drug-likeness (QED) is 0.266. The predicted molar refractivity (Wildman–Crippen MR) is 95.8 cm³/mol. The summed E-state index contributed by atoms with van der Waals surface area (Å²) in [5.74, 6) is 0. The average molecular weight is 412 g/mol. The molecule has 0 unspecified atom stereocenters. The Morgan fingerprint density at radius 1 is 1.04 bits per heavy atom. The number of hydrogen-bond donors (Lipinski definition) is 0. The minimum absolute atomic E-state index is 1.18. The number of fused-ring (bicyclic) bond motifs is 1. The van der Waals surface area contributed by atoms with Crippen LogP contribution in [-0.2, 0) is 16.7 Å². The lowest BCUT2D eigenvalue weighted by Gasteiger charge is -2.08. The average Bonchev–Trinajstić information content (AvgIpc) is 2.96. The van der Waals surface area contributed by atoms with Gasteiger partial charge in [-0.2, -0.15) is 17.7 Å². The zero-order valence-electron chi connectivity index (χ0n) is 14.7. The second-order valence-electron chi connectivity index (χ2n) is 5.91. The van der Waals surface area contributed by atoms with Gasteiger partial charge in [0.25, 0.3) is 0 Å². The monoisotopic (exact) mass is 411 g/mol. The Morgan fingerprint density at radius 2 is 1.58 bits per heavy atom. The van der Waals surface area contributed by atoms with Crippen molar-refractivity contribution in [1.82, 2.24) is 0 Å². The van der Waals surface area contributed by atoms with Gasteiger partial charge in [-0.3, -0.25) is 0 Å². The number of aromatic nitrogens is 1. The van der Waals surface area contributed by atoms with Crippen molar-refractivity contribution in [1.29, 1.82) is 0 Å². The number of benzene rings is 1. The van der Waals surface area contributed by atoms with Gasteiger partial charge in [-0.15, -0.1) is 0 Å². The molecule has 0 bridgehead atoms. The number of aryl methyl sites for hydroxylation is 1. The Hall–Kier alpha value is -1.19. The summed E-state index contributed by atoms with van der Waals surface area (Å²) in [4.78, 5) is 0. The SMILES string of the molecule is CCCCCCCCC[n+]1csc2ccccc21.O=S(=O)([O-])C(F)(F)F. The topological polar surface area (TPSA) is 61.1 Å². The summed E-state index contributed by atoms with van der Waals surface area (Å²) >= 11 is 1.85. The summed E-state index contributed by atoms with van der Waals surface area (Å²) in [5.41, 5.74) is -1.98. The number of hydrogen-bond acceptors (Lipinski definition) is 4. The summed E-state index contributed by atoms with van der Waals surface area (Å²) < 4.78 is 62.7. The van der Waals surface area contributed by atoms with E-state index in [0.717, 1.165) is 0 Å². The molecule has 0 fully saturated rings. The van der Waals surface area contributed by atoms with Crippen LogP contribution in [0.3, 0.4) is 0 Å². The largest absolute Gasteiger partial charge is 0.741 e. The Morgan fingerprint density at radius 3 is 2.15 bits per heavy atom. The first-order valence-corrected chi connectivity index (χ1v) is 10.8. The molecule has 9 heteroatoms. The molecule has 0 N–H and O–H groups in total. The highest BCUT2D eigenvalue weighted by Crippen LogP contribution is 2.20. The van der Waals surface area contributed by atoms with Crippen LogP contribution in [-0.4, -0.2) is 18.5 Å². The summed E-state index contributed by atoms with van der Waals surface area (Å²) in [6, 6.07) is 8.70. The van der Waals surface area contributed by atoms with Gasteiger partial charge in [0.1, 0.15) is 11.2 Å². The number of rotatable bonds is 8. The predicted octanol–water partition coefficient (Wildman–Crippen LogP) is 4.99. The molecule has 1 aromatic heterocycles. The highest BCUT2D eigenvalue weighted by Gasteiger charge is 2.36. The molecule has 0 aliphatic heterocycles. The Labute approximate surface area is 156 Å². The third-order valence-electron chi connectivity index (χ3n) is 3.77. The standard InChI is InChI=1S/C16H24NS.CHF3O3S/c1-2-3-4-5-6-7-10-13-17-14-18-16-12-9-8-11-15(16)17;2-1(3,4)8(5,6)7/h8-9,11-12,14H,2-7,10,13H2,1H3;(H,5,6,7)/q+1;/p-1. The van der Waals surface area contributed by atoms with Gasteiger partial charge < -0.3 is 4.55 Å². The number of halogens is 3. The molecule has 0 saturated carbocycles. The molecular formula is C17H24F3NO3S2. The van der Waals surface area contributed by atoms with Crippen molar-refractivity contribution in [2.75, 3.05) is 0 Å². The lowest BCUT2D eigenvalue weighted by atomic mass is 10.1. The first-order valence-electron chi connectivity index (χ1n) is 8.54. The van der Waals surface area contributed by atoms with E-state index in [1.807, 2.05) is 11.3 Å². The molecule has 0 spiro atoms. The molecule has 1 aromatic carbocycles. The highest BCUT2D eigenvalue weighted by molar-refractivity contribution is 7.86. The van der Waals surface area contributed by atoms with Crippen molar-refractivity contribution in [3.8, 4) is 0 Å². The maximum atomic E-state index is 10.7. The molecule has 148 valence electrons. The second kappa shape index (κ2) is 10.8. The van der Waals surface area contributed by atoms with Crippen LogP contribution >= 0.6 is 11.3 Å². The fraction of sp³-hybridized carbons (Fsp3) is 0.588. The number of alkyl halides is 3. The van der Waals surface area contributed by atoms with Crippen molar-refractivity contribution < 1.29 is 30.7 Å². The van der Waals surface area contributed by atoms with Gasteiger partial charge in [0.15, 0.2) is 10.1 Å². The fourth-order valence-electron chi connectivity index (χ4n) is 2.38. The molecule has 0 amide bonds. The zero-order valence-corrected chi connectivity index (χ0v) is 16.3. The number of unbranched alkanes of at least 4 members (excludes halogenated alkanes) is 6. The highest BCUT2D eigenvalue weighted by atomic mass is 32.2. The van der Waals surface area contributed by atoms with Crippen LogP contribution < -0.4 is 4.57 Å². The molecule has 1 heterocycles. The third-order valence-corrected chi connectivity index (χ3v) is 5.29. The van der Waals surface area contributed by atoms with E-state index in [2.05, 4.69) is 41.3 Å². The van der Waals surface area contributed by atoms with Crippen molar-refractivity contribution in [3.63, 3.8) is 0 Å². The van der Waals surface area contributed by atoms with Crippen LogP contribution in [0.5, 0.6) is 0 Å². The summed E-state index contributed by atoms with van der Waals surface area (Å²) in [6.07, 6.45) is 9.69. The normalized spacial score (nSPS) is 12.0. The van der Waals surface area contributed by atoms with Gasteiger partial charge in [-0.25, -0.2) is 8.42 Å². The van der Waals surface area contributed by atoms with Gasteiger partial charge in [0, 0.05) is 12.5 Å². The molecule has 0 atom stereocenters. The summed E-state index contributed by atoms with van der Waals surface area (Å²) in [5, 5.41) is 0. The molecule has 0 aliphatic carbocycles. The van der Waals surface area contributed by atoms with E-state index in [9.17, 15) is 13.2 Å². The van der Waals surface area contributed by atoms with Crippen molar-refractivity contribution >= 4 is 31.7 Å². The van der Waals surface area contributed by atoms with E-state index in [-0.39, 0.29) is 0 Å². The van der Waals surface area contributed by atoms with Gasteiger partial charge in [-0.05, 0) is 12.5 Å². The first-order chi connectivity index (χ1) is 12.2. The minimum atomic E-state index is -6.09. The lowest BCUT2D eigenvalue weighted by molar-refractivity contribution is -0.667. The van der Waals surface area contributed by atoms with Crippen LogP contribution in [0.4, 0.5) is 13.2 Å². The molecule has 4 nitrogen and oxygen atoms in total. The van der Waals surface area contributed by atoms with Crippen molar-refractivity contribution in [2.45, 2.75) is 63.9 Å². The molecule has 0 aliphatic rings. The van der Waals surface area contributed by atoms with Crippen LogP contribution in [0.1, 0.15) is 51.9 Å². The van der Waals surface area contributed by atoms with Gasteiger partial charge >= 0.3 is 5.51 Å². The van der Waals surface area contributed by atoms with Crippen LogP contribution in [0.2, 0.25) is 0 Å². The van der Waals surface area contributed by atoms with E-state index >= 15 is 0 Å². The van der Waals surface area contributed by atoms with Gasteiger partial charge in [0.05, 0.1) is 0 Å². The number of para-hydroxylation sites is 1. The Kier molecular flexibility index (Phi) is 9.52. The van der Waals surface area contributed by atoms with E-state index < -0.39 is 15.6 Å². The number of nitrogens with zero attached hydrogens (tertiary/aromatic N) is 1. The van der Waals surface area contributed by atoms with Crippen molar-refractivity contribution in [3.05, 3.63) is 29.8 Å². The molecule has 0 radical (unpaired) electrons. The van der Waals surface area contributed by atoms with E-state index in [4.69, 9.17) is 13.0 Å². The molecule has 2 rings (SSSR count). The van der Waals surface area contributed by atoms with E-state index in [1.165, 1.54) is 61.7 Å². The lowest BCUT2D eigenvalue weighted by Crippen LogP contribution is -2.31. The maximum Gasteiger partial charge on any atom is 0.485 e. The van der Waals surface area contributed by atoms with Crippen LogP contribution in [0, 0.1) is 0 Å². The van der Waals surface area contributed by atoms with Crippen LogP contribution in [0.25, 0.3) is 10.2 Å². The second-order valence-corrected chi connectivity index (χ2v) is 8.16. The maximum absolute atomic E-state index is 10.7. The Balaban J connectivity index is 0.000000359. The summed E-state index contributed by atoms with van der Waals surface area (Å²) in [7, 11) is -6.09. The summed E-state index contributed by atoms with van der Waals surface area (Å²) in [6.45, 7) is 3.45. The molecular weight excluding hydrogens is 387 g/mol. The van der Waals surface area contributed by atoms with Crippen LogP contribution in [0.15, 0.2) is 29.8 Å². The molecule has 26 heavy (non-hydrogen) atoms. The van der Waals surface area contributed by atoms with E-state index in [1.54, 1.807) is 0 Å². The van der Waals surface area contributed by atoms with Gasteiger partial charge in [-0.1, -0.05) is 62.5 Å². The Bertz CT molecular complexity index is 758. The van der Waals surface area contributed by atoms with E-state index in [0.29, 0.717) is 0 Å². The van der Waals surface area contributed by atoms with Gasteiger partial charge in [0.2, 0.25) is 11.0 Å². The van der Waals surface area contributed by atoms with Crippen molar-refractivity contribution in [2.24, 2.45) is 0 Å². The number of thiazole rings is 1. The minimum Gasteiger partial charge on any atom is -0.741 e.